The van der Waals surface area contributed by atoms with Gasteiger partial charge in [0.15, 0.2) is 5.78 Å². The van der Waals surface area contributed by atoms with Crippen LogP contribution in [0.2, 0.25) is 0 Å². The topological polar surface area (TPSA) is 17.1 Å². The summed E-state index contributed by atoms with van der Waals surface area (Å²) >= 11 is 0. The van der Waals surface area contributed by atoms with Crippen LogP contribution in [0.5, 0.6) is 0 Å². The Kier molecular flexibility index (Phi) is 1.69. The fourth-order valence-electron chi connectivity index (χ4n) is 2.49. The highest BCUT2D eigenvalue weighted by atomic mass is 16.1. The number of carbonyl (C=O) groups excluding carboxylic acids is 1. The SMILES string of the molecule is CC(=O)c1ccc2c(c1)C1C=CC=C[C@@H]21. The molecular formula is C14H12O. The molecule has 1 heteroatoms. The number of Topliss-reactive ketones (excluding diaryl/α,β-unsaturated/α-hetero) is 1. The molecule has 2 aliphatic carbocycles. The number of rotatable bonds is 1. The molecule has 2 aliphatic rings. The summed E-state index contributed by atoms with van der Waals surface area (Å²) in [5, 5.41) is 0. The van der Waals surface area contributed by atoms with Gasteiger partial charge in [-0.25, -0.2) is 0 Å². The Morgan fingerprint density at radius 1 is 1.07 bits per heavy atom. The van der Waals surface area contributed by atoms with Crippen molar-refractivity contribution in [1.82, 2.24) is 0 Å². The summed E-state index contributed by atoms with van der Waals surface area (Å²) in [6.45, 7) is 1.62. The maximum absolute atomic E-state index is 11.3. The summed E-state index contributed by atoms with van der Waals surface area (Å²) in [5.41, 5.74) is 3.54. The Morgan fingerprint density at radius 3 is 2.40 bits per heavy atom. The van der Waals surface area contributed by atoms with Crippen LogP contribution in [-0.2, 0) is 0 Å². The molecule has 0 aromatic heterocycles. The van der Waals surface area contributed by atoms with E-state index in [4.69, 9.17) is 0 Å². The molecule has 0 spiro atoms. The molecule has 0 N–H and O–H groups in total. The first-order valence-electron chi connectivity index (χ1n) is 5.27. The summed E-state index contributed by atoms with van der Waals surface area (Å²) in [6.07, 6.45) is 8.64. The van der Waals surface area contributed by atoms with Crippen molar-refractivity contribution in [3.63, 3.8) is 0 Å². The van der Waals surface area contributed by atoms with Gasteiger partial charge in [-0.2, -0.15) is 0 Å². The zero-order chi connectivity index (χ0) is 10.4. The highest BCUT2D eigenvalue weighted by molar-refractivity contribution is 5.94. The smallest absolute Gasteiger partial charge is 0.159 e. The molecule has 0 bridgehead atoms. The van der Waals surface area contributed by atoms with Gasteiger partial charge in [0.1, 0.15) is 0 Å². The highest BCUT2D eigenvalue weighted by Gasteiger charge is 2.34. The van der Waals surface area contributed by atoms with E-state index in [1.54, 1.807) is 6.92 Å². The van der Waals surface area contributed by atoms with Gasteiger partial charge in [0, 0.05) is 17.4 Å². The third-order valence-electron chi connectivity index (χ3n) is 3.35. The lowest BCUT2D eigenvalue weighted by atomic mass is 9.66. The van der Waals surface area contributed by atoms with Gasteiger partial charge in [-0.05, 0) is 24.1 Å². The first kappa shape index (κ1) is 8.66. The second kappa shape index (κ2) is 2.93. The minimum absolute atomic E-state index is 0.150. The van der Waals surface area contributed by atoms with E-state index in [9.17, 15) is 4.79 Å². The van der Waals surface area contributed by atoms with Crippen molar-refractivity contribution >= 4 is 5.78 Å². The molecular weight excluding hydrogens is 184 g/mol. The van der Waals surface area contributed by atoms with E-state index in [0.29, 0.717) is 11.8 Å². The van der Waals surface area contributed by atoms with E-state index >= 15 is 0 Å². The Balaban J connectivity index is 2.09. The van der Waals surface area contributed by atoms with Crippen molar-refractivity contribution in [1.29, 1.82) is 0 Å². The predicted molar refractivity (Wildman–Crippen MR) is 60.2 cm³/mol. The van der Waals surface area contributed by atoms with Crippen LogP contribution in [0, 0.1) is 0 Å². The van der Waals surface area contributed by atoms with Gasteiger partial charge in [-0.1, -0.05) is 36.4 Å². The maximum atomic E-state index is 11.3. The van der Waals surface area contributed by atoms with Crippen molar-refractivity contribution < 1.29 is 4.79 Å². The van der Waals surface area contributed by atoms with Crippen molar-refractivity contribution in [2.24, 2.45) is 0 Å². The van der Waals surface area contributed by atoms with Crippen LogP contribution in [0.4, 0.5) is 0 Å². The molecule has 1 nitrogen and oxygen atoms in total. The molecule has 1 unspecified atom stereocenters. The molecule has 0 saturated heterocycles. The molecule has 2 atom stereocenters. The quantitative estimate of drug-likeness (QED) is 0.630. The Bertz CT molecular complexity index is 494. The van der Waals surface area contributed by atoms with E-state index in [1.165, 1.54) is 11.1 Å². The van der Waals surface area contributed by atoms with E-state index in [0.717, 1.165) is 5.56 Å². The van der Waals surface area contributed by atoms with Gasteiger partial charge in [0.25, 0.3) is 0 Å². The number of allylic oxidation sites excluding steroid dienone is 4. The van der Waals surface area contributed by atoms with E-state index in [-0.39, 0.29) is 5.78 Å². The fraction of sp³-hybridized carbons (Fsp3) is 0.214. The van der Waals surface area contributed by atoms with E-state index < -0.39 is 0 Å². The second-order valence-electron chi connectivity index (χ2n) is 4.22. The van der Waals surface area contributed by atoms with Gasteiger partial charge in [0.2, 0.25) is 0 Å². The first-order valence-corrected chi connectivity index (χ1v) is 5.27. The van der Waals surface area contributed by atoms with Crippen LogP contribution in [0.3, 0.4) is 0 Å². The summed E-state index contributed by atoms with van der Waals surface area (Å²) in [6, 6.07) is 6.07. The number of hydrogen-bond donors (Lipinski definition) is 0. The minimum Gasteiger partial charge on any atom is -0.295 e. The number of benzene rings is 1. The third-order valence-corrected chi connectivity index (χ3v) is 3.35. The first-order chi connectivity index (χ1) is 7.27. The van der Waals surface area contributed by atoms with Gasteiger partial charge in [0.05, 0.1) is 0 Å². The predicted octanol–water partition coefficient (Wildman–Crippen LogP) is 3.20. The van der Waals surface area contributed by atoms with Crippen LogP contribution in [0.15, 0.2) is 42.5 Å². The van der Waals surface area contributed by atoms with E-state index in [2.05, 4.69) is 30.4 Å². The van der Waals surface area contributed by atoms with Crippen molar-refractivity contribution in [2.45, 2.75) is 18.8 Å². The molecule has 74 valence electrons. The molecule has 1 aromatic carbocycles. The summed E-state index contributed by atoms with van der Waals surface area (Å²) in [7, 11) is 0. The van der Waals surface area contributed by atoms with Crippen LogP contribution < -0.4 is 0 Å². The Hall–Kier alpha value is -1.63. The Morgan fingerprint density at radius 2 is 1.73 bits per heavy atom. The Labute approximate surface area is 89.1 Å². The summed E-state index contributed by atoms with van der Waals surface area (Å²) in [4.78, 5) is 11.3. The van der Waals surface area contributed by atoms with Crippen LogP contribution >= 0.6 is 0 Å². The lowest BCUT2D eigenvalue weighted by Gasteiger charge is -2.37. The largest absolute Gasteiger partial charge is 0.295 e. The normalized spacial score (nSPS) is 25.4. The van der Waals surface area contributed by atoms with Crippen LogP contribution in [0.1, 0.15) is 40.2 Å². The average molecular weight is 196 g/mol. The fourth-order valence-corrected chi connectivity index (χ4v) is 2.49. The second-order valence-corrected chi connectivity index (χ2v) is 4.22. The molecule has 15 heavy (non-hydrogen) atoms. The maximum Gasteiger partial charge on any atom is 0.159 e. The molecule has 1 aromatic rings. The standard InChI is InChI=1S/C14H12O/c1-9(15)10-6-7-13-11-4-2-3-5-12(11)14(13)8-10/h2-8,11-12H,1H3/t11-,12?/m1/s1. The van der Waals surface area contributed by atoms with Crippen LogP contribution in [0.25, 0.3) is 0 Å². The zero-order valence-corrected chi connectivity index (χ0v) is 8.60. The lowest BCUT2D eigenvalue weighted by molar-refractivity contribution is 0.101. The van der Waals surface area contributed by atoms with Gasteiger partial charge in [-0.15, -0.1) is 0 Å². The van der Waals surface area contributed by atoms with Crippen molar-refractivity contribution in [3.05, 3.63) is 59.2 Å². The lowest BCUT2D eigenvalue weighted by Crippen LogP contribution is -2.23. The van der Waals surface area contributed by atoms with Crippen LogP contribution in [-0.4, -0.2) is 5.78 Å². The number of hydrogen-bond acceptors (Lipinski definition) is 1. The highest BCUT2D eigenvalue weighted by Crippen LogP contribution is 2.49. The molecule has 0 heterocycles. The van der Waals surface area contributed by atoms with Gasteiger partial charge < -0.3 is 0 Å². The van der Waals surface area contributed by atoms with Crippen molar-refractivity contribution in [3.8, 4) is 0 Å². The van der Waals surface area contributed by atoms with Crippen molar-refractivity contribution in [2.75, 3.05) is 0 Å². The van der Waals surface area contributed by atoms with Gasteiger partial charge in [-0.3, -0.25) is 4.79 Å². The molecule has 3 rings (SSSR count). The monoisotopic (exact) mass is 196 g/mol. The summed E-state index contributed by atoms with van der Waals surface area (Å²) in [5.74, 6) is 1.20. The third kappa shape index (κ3) is 1.13. The molecule has 0 fully saturated rings. The molecule has 0 amide bonds. The average Bonchev–Trinajstić information content (AvgIpc) is 2.25. The molecule has 0 radical (unpaired) electrons. The molecule has 0 aliphatic heterocycles. The van der Waals surface area contributed by atoms with E-state index in [1.807, 2.05) is 12.1 Å². The number of carbonyl (C=O) groups is 1. The molecule has 0 saturated carbocycles. The summed E-state index contributed by atoms with van der Waals surface area (Å²) < 4.78 is 0. The zero-order valence-electron chi connectivity index (χ0n) is 8.60. The minimum atomic E-state index is 0.150. The number of fused-ring (bicyclic) bond motifs is 4. The number of ketones is 1. The van der Waals surface area contributed by atoms with Gasteiger partial charge >= 0.3 is 0 Å².